The molecule has 2 rings (SSSR count). The number of carbonyl (C=O) groups is 1. The molecular formula is C14H11N5O. The number of carbonyl (C=O) groups excluding carboxylic acids is 1. The van der Waals surface area contributed by atoms with Crippen LogP contribution in [0.15, 0.2) is 34.4 Å². The molecular weight excluding hydrogens is 254 g/mol. The molecule has 0 fully saturated rings. The maximum Gasteiger partial charge on any atom is 0.240 e. The summed E-state index contributed by atoms with van der Waals surface area (Å²) in [6.07, 6.45) is 2.36. The summed E-state index contributed by atoms with van der Waals surface area (Å²) in [7, 11) is 0. The van der Waals surface area contributed by atoms with E-state index in [1.165, 1.54) is 6.21 Å². The average Bonchev–Trinajstić information content (AvgIpc) is 2.50. The fraction of sp³-hybridized carbons (Fsp3) is 0.214. The lowest BCUT2D eigenvalue weighted by Gasteiger charge is -2.11. The number of nitrogens with one attached hydrogen (secondary N) is 1. The number of hydrogen-bond acceptors (Lipinski definition) is 5. The fourth-order valence-electron chi connectivity index (χ4n) is 1.68. The van der Waals surface area contributed by atoms with E-state index in [0.29, 0.717) is 18.5 Å². The molecule has 98 valence electrons. The molecule has 0 saturated heterocycles. The largest absolute Gasteiger partial charge is 0.273 e. The highest BCUT2D eigenvalue weighted by Crippen LogP contribution is 2.16. The molecule has 1 aliphatic heterocycles. The normalized spacial score (nSPS) is 14.6. The van der Waals surface area contributed by atoms with Crippen molar-refractivity contribution in [2.45, 2.75) is 12.8 Å². The Morgan fingerprint density at radius 3 is 2.50 bits per heavy atom. The summed E-state index contributed by atoms with van der Waals surface area (Å²) in [5.74, 6) is -0.915. The Bertz CT molecular complexity index is 632. The Labute approximate surface area is 116 Å². The van der Waals surface area contributed by atoms with Crippen molar-refractivity contribution >= 4 is 23.5 Å². The first kappa shape index (κ1) is 13.4. The summed E-state index contributed by atoms with van der Waals surface area (Å²) in [6.45, 7) is 0. The van der Waals surface area contributed by atoms with Crippen LogP contribution in [0, 0.1) is 28.6 Å². The molecule has 1 aromatic carbocycles. The van der Waals surface area contributed by atoms with Crippen LogP contribution in [0.3, 0.4) is 0 Å². The Balaban J connectivity index is 2.10. The van der Waals surface area contributed by atoms with E-state index < -0.39 is 5.92 Å². The molecule has 1 N–H and O–H groups in total. The van der Waals surface area contributed by atoms with Crippen LogP contribution in [-0.2, 0) is 4.79 Å². The van der Waals surface area contributed by atoms with Crippen LogP contribution in [0.1, 0.15) is 18.4 Å². The SMILES string of the molecule is N#CC(C#N)C=Nc1ccc(C2=NNC(=O)CC2)cc1. The number of hydrazone groups is 1. The summed E-state index contributed by atoms with van der Waals surface area (Å²) in [5, 5.41) is 21.3. The molecule has 0 saturated carbocycles. The van der Waals surface area contributed by atoms with Gasteiger partial charge >= 0.3 is 0 Å². The Morgan fingerprint density at radius 2 is 1.95 bits per heavy atom. The van der Waals surface area contributed by atoms with Gasteiger partial charge in [-0.2, -0.15) is 15.6 Å². The van der Waals surface area contributed by atoms with Crippen LogP contribution < -0.4 is 5.43 Å². The molecule has 1 aliphatic rings. The standard InChI is InChI=1S/C14H11N5O/c15-7-10(8-16)9-17-12-3-1-11(2-4-12)13-5-6-14(20)19-18-13/h1-4,9-10H,5-6H2,(H,19,20). The second kappa shape index (κ2) is 6.26. The lowest BCUT2D eigenvalue weighted by molar-refractivity contribution is -0.121. The number of hydrogen-bond donors (Lipinski definition) is 1. The van der Waals surface area contributed by atoms with E-state index in [9.17, 15) is 4.79 Å². The number of amides is 1. The molecule has 0 bridgehead atoms. The van der Waals surface area contributed by atoms with E-state index in [-0.39, 0.29) is 5.91 Å². The molecule has 0 radical (unpaired) electrons. The van der Waals surface area contributed by atoms with Gasteiger partial charge in [0, 0.05) is 19.1 Å². The van der Waals surface area contributed by atoms with Crippen molar-refractivity contribution in [3.63, 3.8) is 0 Å². The molecule has 0 atom stereocenters. The van der Waals surface area contributed by atoms with Gasteiger partial charge in [-0.1, -0.05) is 12.1 Å². The van der Waals surface area contributed by atoms with Crippen molar-refractivity contribution in [2.24, 2.45) is 16.0 Å². The summed E-state index contributed by atoms with van der Waals surface area (Å²) >= 11 is 0. The van der Waals surface area contributed by atoms with Crippen LogP contribution in [-0.4, -0.2) is 17.8 Å². The van der Waals surface area contributed by atoms with Gasteiger partial charge in [-0.05, 0) is 17.7 Å². The Kier molecular flexibility index (Phi) is 4.21. The van der Waals surface area contributed by atoms with Gasteiger partial charge in [-0.25, -0.2) is 5.43 Å². The molecule has 1 heterocycles. The third kappa shape index (κ3) is 3.27. The van der Waals surface area contributed by atoms with E-state index in [1.807, 2.05) is 24.3 Å². The molecule has 0 spiro atoms. The summed E-state index contributed by atoms with van der Waals surface area (Å²) < 4.78 is 0. The first-order valence-corrected chi connectivity index (χ1v) is 6.02. The molecule has 1 aromatic rings. The molecule has 6 heteroatoms. The highest BCUT2D eigenvalue weighted by atomic mass is 16.2. The van der Waals surface area contributed by atoms with Gasteiger partial charge in [0.1, 0.15) is 0 Å². The minimum absolute atomic E-state index is 0.0750. The van der Waals surface area contributed by atoms with Gasteiger partial charge in [-0.3, -0.25) is 9.79 Å². The minimum atomic E-state index is -0.840. The first-order chi connectivity index (χ1) is 9.72. The Hall–Kier alpha value is -2.99. The maximum atomic E-state index is 11.0. The van der Waals surface area contributed by atoms with E-state index in [0.717, 1.165) is 11.3 Å². The maximum absolute atomic E-state index is 11.0. The van der Waals surface area contributed by atoms with E-state index >= 15 is 0 Å². The van der Waals surface area contributed by atoms with Crippen LogP contribution in [0.5, 0.6) is 0 Å². The number of nitrogens with zero attached hydrogens (tertiary/aromatic N) is 4. The molecule has 0 unspecified atom stereocenters. The predicted octanol–water partition coefficient (Wildman–Crippen LogP) is 1.67. The zero-order valence-electron chi connectivity index (χ0n) is 10.6. The summed E-state index contributed by atoms with van der Waals surface area (Å²) in [6, 6.07) is 10.9. The van der Waals surface area contributed by atoms with Crippen molar-refractivity contribution in [1.29, 1.82) is 10.5 Å². The Morgan fingerprint density at radius 1 is 1.25 bits per heavy atom. The lowest BCUT2D eigenvalue weighted by Crippen LogP contribution is -2.25. The highest BCUT2D eigenvalue weighted by molar-refractivity contribution is 6.04. The van der Waals surface area contributed by atoms with Crippen LogP contribution in [0.4, 0.5) is 5.69 Å². The van der Waals surface area contributed by atoms with Gasteiger partial charge in [0.15, 0.2) is 5.92 Å². The lowest BCUT2D eigenvalue weighted by atomic mass is 10.0. The molecule has 20 heavy (non-hydrogen) atoms. The van der Waals surface area contributed by atoms with Gasteiger partial charge < -0.3 is 0 Å². The number of aliphatic imine (C=N–C) groups is 1. The summed E-state index contributed by atoms with van der Waals surface area (Å²) in [4.78, 5) is 15.1. The number of benzene rings is 1. The third-order valence-corrected chi connectivity index (χ3v) is 2.76. The zero-order valence-corrected chi connectivity index (χ0v) is 10.6. The second-order valence-electron chi connectivity index (χ2n) is 4.15. The van der Waals surface area contributed by atoms with Crippen molar-refractivity contribution in [3.05, 3.63) is 29.8 Å². The summed E-state index contributed by atoms with van der Waals surface area (Å²) in [5.41, 5.74) is 4.85. The van der Waals surface area contributed by atoms with Crippen molar-refractivity contribution < 1.29 is 4.79 Å². The quantitative estimate of drug-likeness (QED) is 0.841. The van der Waals surface area contributed by atoms with Gasteiger partial charge in [-0.15, -0.1) is 0 Å². The molecule has 0 aliphatic carbocycles. The topological polar surface area (TPSA) is 101 Å². The van der Waals surface area contributed by atoms with Crippen molar-refractivity contribution in [3.8, 4) is 12.1 Å². The zero-order chi connectivity index (χ0) is 14.4. The van der Waals surface area contributed by atoms with E-state index in [2.05, 4.69) is 15.5 Å². The fourth-order valence-corrected chi connectivity index (χ4v) is 1.68. The van der Waals surface area contributed by atoms with Crippen LogP contribution >= 0.6 is 0 Å². The first-order valence-electron chi connectivity index (χ1n) is 6.02. The second-order valence-corrected chi connectivity index (χ2v) is 4.15. The number of nitriles is 2. The smallest absolute Gasteiger partial charge is 0.240 e. The number of rotatable bonds is 3. The predicted molar refractivity (Wildman–Crippen MR) is 73.2 cm³/mol. The van der Waals surface area contributed by atoms with E-state index in [4.69, 9.17) is 10.5 Å². The highest BCUT2D eigenvalue weighted by Gasteiger charge is 2.12. The van der Waals surface area contributed by atoms with Crippen molar-refractivity contribution in [1.82, 2.24) is 5.43 Å². The van der Waals surface area contributed by atoms with Crippen LogP contribution in [0.2, 0.25) is 0 Å². The average molecular weight is 265 g/mol. The van der Waals surface area contributed by atoms with Crippen LogP contribution in [0.25, 0.3) is 0 Å². The van der Waals surface area contributed by atoms with Gasteiger partial charge in [0.05, 0.1) is 23.5 Å². The van der Waals surface area contributed by atoms with Crippen molar-refractivity contribution in [2.75, 3.05) is 0 Å². The third-order valence-electron chi connectivity index (χ3n) is 2.76. The molecule has 6 nitrogen and oxygen atoms in total. The monoisotopic (exact) mass is 265 g/mol. The van der Waals surface area contributed by atoms with Gasteiger partial charge in [0.25, 0.3) is 0 Å². The molecule has 1 amide bonds. The van der Waals surface area contributed by atoms with E-state index in [1.54, 1.807) is 12.1 Å². The van der Waals surface area contributed by atoms with Gasteiger partial charge in [0.2, 0.25) is 5.91 Å². The minimum Gasteiger partial charge on any atom is -0.273 e. The molecule has 0 aromatic heterocycles.